The molecule has 1 aromatic carbocycles. The average Bonchev–Trinajstić information content (AvgIpc) is 3.34. The molecule has 8 nitrogen and oxygen atoms in total. The Labute approximate surface area is 191 Å². The standard InChI is InChI=1S/C24H14ClN5O3/c25-17-8-6-15(7-9-17)23(31)28-21-16(13-26)12-19-22(30(21)14-18-4-3-11-33-18)27-20-5-1-2-10-29(20)24(19)32/h1-12H,14H2. The van der Waals surface area contributed by atoms with Gasteiger partial charge in [0.25, 0.3) is 11.5 Å². The number of rotatable bonds is 3. The van der Waals surface area contributed by atoms with Gasteiger partial charge in [0, 0.05) is 16.8 Å². The summed E-state index contributed by atoms with van der Waals surface area (Å²) in [4.78, 5) is 35.0. The number of fused-ring (bicyclic) bond motifs is 2. The summed E-state index contributed by atoms with van der Waals surface area (Å²) in [6, 6.07) is 18.4. The molecule has 4 aromatic heterocycles. The van der Waals surface area contributed by atoms with E-state index in [0.29, 0.717) is 22.0 Å². The van der Waals surface area contributed by atoms with Crippen molar-refractivity contribution in [3.63, 3.8) is 0 Å². The molecule has 4 heterocycles. The van der Waals surface area contributed by atoms with Crippen LogP contribution in [0.4, 0.5) is 0 Å². The fourth-order valence-electron chi connectivity index (χ4n) is 3.54. The second kappa shape index (κ2) is 8.22. The molecule has 0 bridgehead atoms. The van der Waals surface area contributed by atoms with Crippen LogP contribution in [-0.2, 0) is 6.54 Å². The number of benzene rings is 1. The first kappa shape index (κ1) is 20.4. The van der Waals surface area contributed by atoms with E-state index < -0.39 is 5.91 Å². The molecule has 5 aromatic rings. The molecule has 5 rings (SSSR count). The predicted octanol–water partition coefficient (Wildman–Crippen LogP) is 3.56. The van der Waals surface area contributed by atoms with Crippen molar-refractivity contribution in [3.8, 4) is 6.07 Å². The number of hydrogen-bond donors (Lipinski definition) is 0. The monoisotopic (exact) mass is 455 g/mol. The van der Waals surface area contributed by atoms with Crippen LogP contribution in [0.3, 0.4) is 0 Å². The van der Waals surface area contributed by atoms with Crippen molar-refractivity contribution in [2.75, 3.05) is 0 Å². The molecule has 160 valence electrons. The first-order chi connectivity index (χ1) is 16.0. The number of nitriles is 1. The van der Waals surface area contributed by atoms with E-state index in [1.54, 1.807) is 65.4 Å². The second-order valence-electron chi connectivity index (χ2n) is 7.17. The van der Waals surface area contributed by atoms with Gasteiger partial charge in [0.05, 0.1) is 23.8 Å². The molecule has 0 spiro atoms. The zero-order valence-corrected chi connectivity index (χ0v) is 17.7. The topological polar surface area (TPSA) is 106 Å². The largest absolute Gasteiger partial charge is 0.467 e. The zero-order chi connectivity index (χ0) is 22.9. The van der Waals surface area contributed by atoms with Crippen molar-refractivity contribution >= 4 is 34.2 Å². The summed E-state index contributed by atoms with van der Waals surface area (Å²) in [7, 11) is 0. The Morgan fingerprint density at radius 3 is 2.70 bits per heavy atom. The Kier molecular flexibility index (Phi) is 5.09. The van der Waals surface area contributed by atoms with E-state index in [2.05, 4.69) is 16.0 Å². The van der Waals surface area contributed by atoms with Gasteiger partial charge in [-0.05, 0) is 54.6 Å². The van der Waals surface area contributed by atoms with Crippen molar-refractivity contribution in [1.82, 2.24) is 14.0 Å². The summed E-state index contributed by atoms with van der Waals surface area (Å²) in [6.07, 6.45) is 3.12. The molecule has 0 aliphatic heterocycles. The van der Waals surface area contributed by atoms with E-state index in [1.807, 2.05) is 0 Å². The van der Waals surface area contributed by atoms with Crippen LogP contribution >= 0.6 is 11.6 Å². The van der Waals surface area contributed by atoms with E-state index in [9.17, 15) is 14.9 Å². The molecule has 0 saturated carbocycles. The lowest BCUT2D eigenvalue weighted by molar-refractivity contribution is 0.0997. The van der Waals surface area contributed by atoms with E-state index in [1.165, 1.54) is 16.7 Å². The number of nitrogens with zero attached hydrogens (tertiary/aromatic N) is 5. The lowest BCUT2D eigenvalue weighted by atomic mass is 10.2. The third-order valence-corrected chi connectivity index (χ3v) is 5.35. The maximum absolute atomic E-state index is 13.2. The minimum Gasteiger partial charge on any atom is -0.467 e. The quantitative estimate of drug-likeness (QED) is 0.387. The fourth-order valence-corrected chi connectivity index (χ4v) is 3.67. The van der Waals surface area contributed by atoms with Crippen molar-refractivity contribution < 1.29 is 9.21 Å². The van der Waals surface area contributed by atoms with Gasteiger partial charge in [0.15, 0.2) is 5.49 Å². The van der Waals surface area contributed by atoms with Crippen LogP contribution in [0.5, 0.6) is 0 Å². The molecule has 0 fully saturated rings. The fraction of sp³-hybridized carbons (Fsp3) is 0.0417. The van der Waals surface area contributed by atoms with Crippen molar-refractivity contribution in [2.45, 2.75) is 6.54 Å². The second-order valence-corrected chi connectivity index (χ2v) is 7.60. The molecule has 0 N–H and O–H groups in total. The number of pyridine rings is 2. The van der Waals surface area contributed by atoms with Crippen molar-refractivity contribution in [1.29, 1.82) is 5.26 Å². The third-order valence-electron chi connectivity index (χ3n) is 5.10. The van der Waals surface area contributed by atoms with Crippen LogP contribution in [0.25, 0.3) is 16.7 Å². The van der Waals surface area contributed by atoms with Gasteiger partial charge in [0.2, 0.25) is 0 Å². The summed E-state index contributed by atoms with van der Waals surface area (Å²) in [5.41, 5.74) is 0.808. The molecule has 0 radical (unpaired) electrons. The summed E-state index contributed by atoms with van der Waals surface area (Å²) in [5, 5.41) is 10.6. The van der Waals surface area contributed by atoms with Crippen LogP contribution in [0.1, 0.15) is 21.7 Å². The molecule has 0 unspecified atom stereocenters. The summed E-state index contributed by atoms with van der Waals surface area (Å²) in [6.45, 7) is 0.112. The lowest BCUT2D eigenvalue weighted by Crippen LogP contribution is -2.29. The molecule has 9 heteroatoms. The first-order valence-corrected chi connectivity index (χ1v) is 10.2. The van der Waals surface area contributed by atoms with E-state index in [-0.39, 0.29) is 34.2 Å². The van der Waals surface area contributed by atoms with Gasteiger partial charge in [0.1, 0.15) is 23.1 Å². The Hall–Kier alpha value is -4.48. The summed E-state index contributed by atoms with van der Waals surface area (Å²) in [5.74, 6) is -0.0185. The number of halogens is 1. The Morgan fingerprint density at radius 1 is 1.15 bits per heavy atom. The zero-order valence-electron chi connectivity index (χ0n) is 17.0. The molecular weight excluding hydrogens is 442 g/mol. The number of amides is 1. The van der Waals surface area contributed by atoms with Gasteiger partial charge in [-0.15, -0.1) is 0 Å². The number of carbonyl (C=O) groups excluding carboxylic acids is 1. The molecule has 33 heavy (non-hydrogen) atoms. The van der Waals surface area contributed by atoms with Gasteiger partial charge < -0.3 is 8.98 Å². The van der Waals surface area contributed by atoms with E-state index in [4.69, 9.17) is 16.0 Å². The van der Waals surface area contributed by atoms with Crippen LogP contribution in [0.15, 0.2) is 87.3 Å². The normalized spacial score (nSPS) is 11.7. The highest BCUT2D eigenvalue weighted by Gasteiger charge is 2.16. The van der Waals surface area contributed by atoms with Gasteiger partial charge in [-0.25, -0.2) is 4.98 Å². The SMILES string of the molecule is N#Cc1cc2c(=O)n3ccccc3nc2n(Cc2ccco2)c1=NC(=O)c1ccc(Cl)cc1. The highest BCUT2D eigenvalue weighted by Crippen LogP contribution is 2.14. The average molecular weight is 456 g/mol. The van der Waals surface area contributed by atoms with Gasteiger partial charge >= 0.3 is 0 Å². The van der Waals surface area contributed by atoms with E-state index >= 15 is 0 Å². The molecule has 0 aliphatic rings. The molecule has 0 atom stereocenters. The maximum atomic E-state index is 13.2. The molecule has 1 amide bonds. The van der Waals surface area contributed by atoms with Crippen molar-refractivity contribution in [3.05, 3.63) is 111 Å². The van der Waals surface area contributed by atoms with E-state index in [0.717, 1.165) is 0 Å². The summed E-state index contributed by atoms with van der Waals surface area (Å²) < 4.78 is 8.43. The lowest BCUT2D eigenvalue weighted by Gasteiger charge is -2.12. The van der Waals surface area contributed by atoms with Crippen molar-refractivity contribution in [2.24, 2.45) is 4.99 Å². The van der Waals surface area contributed by atoms with Crippen LogP contribution in [0, 0.1) is 11.3 Å². The molecular formula is C24H14ClN5O3. The van der Waals surface area contributed by atoms with Gasteiger partial charge in [-0.1, -0.05) is 17.7 Å². The Morgan fingerprint density at radius 2 is 1.97 bits per heavy atom. The smallest absolute Gasteiger partial charge is 0.278 e. The minimum atomic E-state index is -0.562. The third kappa shape index (κ3) is 3.71. The number of furan rings is 1. The number of hydrogen-bond acceptors (Lipinski definition) is 5. The maximum Gasteiger partial charge on any atom is 0.278 e. The van der Waals surface area contributed by atoms with Crippen LogP contribution in [0.2, 0.25) is 5.02 Å². The summed E-state index contributed by atoms with van der Waals surface area (Å²) >= 11 is 5.92. The Bertz CT molecular complexity index is 1690. The predicted molar refractivity (Wildman–Crippen MR) is 121 cm³/mol. The number of aromatic nitrogens is 3. The van der Waals surface area contributed by atoms with Crippen LogP contribution < -0.4 is 11.0 Å². The van der Waals surface area contributed by atoms with Gasteiger partial charge in [-0.2, -0.15) is 10.3 Å². The van der Waals surface area contributed by atoms with Crippen LogP contribution in [-0.4, -0.2) is 19.9 Å². The minimum absolute atomic E-state index is 0.0613. The van der Waals surface area contributed by atoms with Gasteiger partial charge in [-0.3, -0.25) is 14.0 Å². The Balaban J connectivity index is 1.86. The molecule has 0 saturated heterocycles. The number of carbonyl (C=O) groups is 1. The highest BCUT2D eigenvalue weighted by atomic mass is 35.5. The first-order valence-electron chi connectivity index (χ1n) is 9.87. The highest BCUT2D eigenvalue weighted by molar-refractivity contribution is 6.30. The molecule has 0 aliphatic carbocycles.